The first-order chi connectivity index (χ1) is 8.93. The molecule has 0 aromatic heterocycles. The SMILES string of the molecule is C#CCCC(NN)C12CC3CC(C)(CC(C)(C3)C1)C2. The van der Waals surface area contributed by atoms with E-state index < -0.39 is 0 Å². The summed E-state index contributed by atoms with van der Waals surface area (Å²) in [5, 5.41) is 0. The summed E-state index contributed by atoms with van der Waals surface area (Å²) in [5.41, 5.74) is 4.65. The van der Waals surface area contributed by atoms with Crippen molar-refractivity contribution in [2.75, 3.05) is 0 Å². The van der Waals surface area contributed by atoms with Gasteiger partial charge in [-0.2, -0.15) is 0 Å². The number of hydrazine groups is 1. The van der Waals surface area contributed by atoms with Crippen molar-refractivity contribution in [3.8, 4) is 12.3 Å². The number of nitrogens with one attached hydrogen (secondary N) is 1. The molecule has 2 nitrogen and oxygen atoms in total. The van der Waals surface area contributed by atoms with Gasteiger partial charge in [-0.3, -0.25) is 11.3 Å². The maximum atomic E-state index is 5.90. The van der Waals surface area contributed by atoms with Crippen molar-refractivity contribution in [2.45, 2.75) is 71.3 Å². The van der Waals surface area contributed by atoms with E-state index in [2.05, 4.69) is 25.2 Å². The first kappa shape index (κ1) is 13.5. The smallest absolute Gasteiger partial charge is 0.0276 e. The Balaban J connectivity index is 1.89. The molecule has 106 valence electrons. The quantitative estimate of drug-likeness (QED) is 0.463. The molecule has 0 radical (unpaired) electrons. The Kier molecular flexibility index (Phi) is 3.00. The Morgan fingerprint density at radius 3 is 2.32 bits per heavy atom. The first-order valence-electron chi connectivity index (χ1n) is 7.82. The van der Waals surface area contributed by atoms with E-state index in [1.807, 2.05) is 0 Å². The molecule has 0 saturated heterocycles. The molecule has 2 heteroatoms. The zero-order valence-electron chi connectivity index (χ0n) is 12.5. The van der Waals surface area contributed by atoms with Gasteiger partial charge in [-0.25, -0.2) is 0 Å². The Morgan fingerprint density at radius 2 is 1.84 bits per heavy atom. The molecule has 3 N–H and O–H groups in total. The molecule has 4 bridgehead atoms. The van der Waals surface area contributed by atoms with Crippen LogP contribution >= 0.6 is 0 Å². The van der Waals surface area contributed by atoms with Gasteiger partial charge in [0, 0.05) is 12.5 Å². The van der Waals surface area contributed by atoms with E-state index >= 15 is 0 Å². The third-order valence-electron chi connectivity index (χ3n) is 6.19. The highest BCUT2D eigenvalue weighted by Gasteiger charge is 2.61. The number of nitrogens with two attached hydrogens (primary N) is 1. The molecule has 4 aliphatic rings. The lowest BCUT2D eigenvalue weighted by molar-refractivity contribution is -0.158. The van der Waals surface area contributed by atoms with E-state index in [9.17, 15) is 0 Å². The molecule has 0 aliphatic heterocycles. The van der Waals surface area contributed by atoms with Crippen LogP contribution in [0.4, 0.5) is 0 Å². The van der Waals surface area contributed by atoms with Gasteiger partial charge in [-0.1, -0.05) is 13.8 Å². The van der Waals surface area contributed by atoms with Crippen LogP contribution in [-0.4, -0.2) is 6.04 Å². The van der Waals surface area contributed by atoms with Gasteiger partial charge >= 0.3 is 0 Å². The van der Waals surface area contributed by atoms with Crippen LogP contribution in [0.1, 0.15) is 65.2 Å². The van der Waals surface area contributed by atoms with Crippen LogP contribution < -0.4 is 11.3 Å². The van der Waals surface area contributed by atoms with Gasteiger partial charge in [0.15, 0.2) is 0 Å². The largest absolute Gasteiger partial charge is 0.271 e. The van der Waals surface area contributed by atoms with Gasteiger partial charge in [0.25, 0.3) is 0 Å². The zero-order chi connectivity index (χ0) is 13.7. The highest BCUT2D eigenvalue weighted by atomic mass is 15.2. The second kappa shape index (κ2) is 4.24. The molecular formula is C17H28N2. The Labute approximate surface area is 117 Å². The molecule has 3 atom stereocenters. The molecule has 4 saturated carbocycles. The summed E-state index contributed by atoms with van der Waals surface area (Å²) in [6, 6.07) is 0.408. The van der Waals surface area contributed by atoms with Gasteiger partial charge in [0.05, 0.1) is 0 Å². The predicted octanol–water partition coefficient (Wildman–Crippen LogP) is 3.23. The fourth-order valence-corrected chi connectivity index (χ4v) is 6.72. The number of hydrogen-bond acceptors (Lipinski definition) is 2. The van der Waals surface area contributed by atoms with Crippen molar-refractivity contribution in [2.24, 2.45) is 28.0 Å². The molecule has 0 aromatic rings. The van der Waals surface area contributed by atoms with Crippen LogP contribution in [-0.2, 0) is 0 Å². The second-order valence-electron chi connectivity index (χ2n) is 8.45. The van der Waals surface area contributed by atoms with Crippen molar-refractivity contribution in [1.29, 1.82) is 0 Å². The van der Waals surface area contributed by atoms with E-state index in [1.165, 1.54) is 38.5 Å². The summed E-state index contributed by atoms with van der Waals surface area (Å²) in [6.45, 7) is 5.03. The number of rotatable bonds is 4. The Hall–Kier alpha value is -0.520. The van der Waals surface area contributed by atoms with Crippen LogP contribution in [0, 0.1) is 34.5 Å². The summed E-state index contributed by atoms with van der Waals surface area (Å²) in [5.74, 6) is 9.61. The molecule has 3 unspecified atom stereocenters. The topological polar surface area (TPSA) is 38.0 Å². The molecule has 0 amide bonds. The highest BCUT2D eigenvalue weighted by Crippen LogP contribution is 2.70. The van der Waals surface area contributed by atoms with Crippen molar-refractivity contribution < 1.29 is 0 Å². The van der Waals surface area contributed by atoms with Crippen LogP contribution in [0.3, 0.4) is 0 Å². The van der Waals surface area contributed by atoms with Crippen LogP contribution in [0.25, 0.3) is 0 Å². The summed E-state index contributed by atoms with van der Waals surface area (Å²) in [7, 11) is 0. The van der Waals surface area contributed by atoms with Gasteiger partial charge in [0.2, 0.25) is 0 Å². The molecular weight excluding hydrogens is 232 g/mol. The fraction of sp³-hybridized carbons (Fsp3) is 0.882. The molecule has 0 spiro atoms. The van der Waals surface area contributed by atoms with Crippen molar-refractivity contribution in [3.05, 3.63) is 0 Å². The minimum absolute atomic E-state index is 0.408. The summed E-state index contributed by atoms with van der Waals surface area (Å²) in [4.78, 5) is 0. The van der Waals surface area contributed by atoms with E-state index in [-0.39, 0.29) is 0 Å². The van der Waals surface area contributed by atoms with Crippen molar-refractivity contribution in [1.82, 2.24) is 5.43 Å². The lowest BCUT2D eigenvalue weighted by Gasteiger charge is -2.67. The molecule has 0 aromatic carbocycles. The van der Waals surface area contributed by atoms with Crippen LogP contribution in [0.5, 0.6) is 0 Å². The highest BCUT2D eigenvalue weighted by molar-refractivity contribution is 5.13. The molecule has 0 heterocycles. The second-order valence-corrected chi connectivity index (χ2v) is 8.45. The monoisotopic (exact) mass is 260 g/mol. The predicted molar refractivity (Wildman–Crippen MR) is 79.0 cm³/mol. The molecule has 19 heavy (non-hydrogen) atoms. The lowest BCUT2D eigenvalue weighted by atomic mass is 9.39. The first-order valence-corrected chi connectivity index (χ1v) is 7.82. The normalized spacial score (nSPS) is 49.1. The zero-order valence-corrected chi connectivity index (χ0v) is 12.5. The average molecular weight is 260 g/mol. The van der Waals surface area contributed by atoms with Gasteiger partial charge in [-0.05, 0) is 67.1 Å². The average Bonchev–Trinajstić information content (AvgIpc) is 2.24. The number of hydrogen-bond donors (Lipinski definition) is 2. The van der Waals surface area contributed by atoms with Gasteiger partial charge in [-0.15, -0.1) is 12.3 Å². The summed E-state index contributed by atoms with van der Waals surface area (Å²) >= 11 is 0. The summed E-state index contributed by atoms with van der Waals surface area (Å²) < 4.78 is 0. The minimum atomic E-state index is 0.408. The summed E-state index contributed by atoms with van der Waals surface area (Å²) in [6.07, 6.45) is 15.7. The van der Waals surface area contributed by atoms with Crippen LogP contribution in [0.2, 0.25) is 0 Å². The standard InChI is InChI=1S/C17H28N2/c1-4-5-6-14(19-18)17-9-13-7-15(2,11-17)10-16(3,8-13)12-17/h1,13-14,19H,5-12,18H2,2-3H3. The number of terminal acetylenes is 1. The minimum Gasteiger partial charge on any atom is -0.271 e. The maximum absolute atomic E-state index is 5.90. The Morgan fingerprint density at radius 1 is 1.21 bits per heavy atom. The van der Waals surface area contributed by atoms with E-state index in [1.54, 1.807) is 0 Å². The van der Waals surface area contributed by atoms with Crippen LogP contribution in [0.15, 0.2) is 0 Å². The van der Waals surface area contributed by atoms with E-state index in [4.69, 9.17) is 12.3 Å². The molecule has 4 aliphatic carbocycles. The Bertz CT molecular complexity index is 390. The van der Waals surface area contributed by atoms with E-state index in [0.29, 0.717) is 22.3 Å². The van der Waals surface area contributed by atoms with Gasteiger partial charge < -0.3 is 0 Å². The fourth-order valence-electron chi connectivity index (χ4n) is 6.72. The molecule has 4 fully saturated rings. The van der Waals surface area contributed by atoms with E-state index in [0.717, 1.165) is 18.8 Å². The molecule has 4 rings (SSSR count). The van der Waals surface area contributed by atoms with Crippen molar-refractivity contribution >= 4 is 0 Å². The third-order valence-corrected chi connectivity index (χ3v) is 6.19. The lowest BCUT2D eigenvalue weighted by Crippen LogP contribution is -2.62. The van der Waals surface area contributed by atoms with Crippen molar-refractivity contribution in [3.63, 3.8) is 0 Å². The van der Waals surface area contributed by atoms with Gasteiger partial charge in [0.1, 0.15) is 0 Å². The maximum Gasteiger partial charge on any atom is 0.0276 e. The third kappa shape index (κ3) is 2.12.